The zero-order chi connectivity index (χ0) is 18.2. The van der Waals surface area contributed by atoms with Crippen LogP contribution in [0.4, 0.5) is 0 Å². The number of rotatable bonds is 8. The second-order valence-corrected chi connectivity index (χ2v) is 5.83. The highest BCUT2D eigenvalue weighted by molar-refractivity contribution is 5.96. The van der Waals surface area contributed by atoms with E-state index >= 15 is 0 Å². The highest BCUT2D eigenvalue weighted by Gasteiger charge is 2.25. The van der Waals surface area contributed by atoms with Gasteiger partial charge in [-0.3, -0.25) is 4.79 Å². The van der Waals surface area contributed by atoms with Gasteiger partial charge in [0.05, 0.1) is 0 Å². The van der Waals surface area contributed by atoms with Gasteiger partial charge < -0.3 is 15.2 Å². The van der Waals surface area contributed by atoms with E-state index in [9.17, 15) is 14.7 Å². The van der Waals surface area contributed by atoms with E-state index in [0.29, 0.717) is 24.5 Å². The molecule has 0 fully saturated rings. The molecule has 2 aromatic rings. The molecule has 25 heavy (non-hydrogen) atoms. The Labute approximate surface area is 146 Å². The molecule has 6 nitrogen and oxygen atoms in total. The molecule has 132 valence electrons. The molecule has 0 spiro atoms. The summed E-state index contributed by atoms with van der Waals surface area (Å²) < 4.78 is 5.60. The van der Waals surface area contributed by atoms with Crippen LogP contribution in [0.25, 0.3) is 0 Å². The quantitative estimate of drug-likeness (QED) is 0.770. The predicted molar refractivity (Wildman–Crippen MR) is 93.4 cm³/mol. The number of ether oxygens (including phenoxy) is 1. The SMILES string of the molecule is CC[C@H](C)[C@H](NC(=O)c1ccnc(OCc2ccccc2)c1)C(=O)O. The number of hydrogen-bond donors (Lipinski definition) is 2. The number of hydrogen-bond acceptors (Lipinski definition) is 4. The van der Waals surface area contributed by atoms with Crippen molar-refractivity contribution in [3.8, 4) is 5.88 Å². The van der Waals surface area contributed by atoms with Crippen molar-refractivity contribution in [3.05, 3.63) is 59.8 Å². The van der Waals surface area contributed by atoms with Crippen LogP contribution in [0.15, 0.2) is 48.7 Å². The molecule has 2 rings (SSSR count). The first-order chi connectivity index (χ1) is 12.0. The molecule has 2 atom stereocenters. The van der Waals surface area contributed by atoms with Gasteiger partial charge in [0.25, 0.3) is 5.91 Å². The number of carboxylic acids is 1. The van der Waals surface area contributed by atoms with Crippen LogP contribution in [-0.2, 0) is 11.4 Å². The third-order valence-corrected chi connectivity index (χ3v) is 3.99. The minimum Gasteiger partial charge on any atom is -0.480 e. The molecule has 0 aliphatic rings. The van der Waals surface area contributed by atoms with Crippen molar-refractivity contribution in [1.82, 2.24) is 10.3 Å². The Kier molecular flexibility index (Phi) is 6.51. The first kappa shape index (κ1) is 18.4. The molecule has 1 aromatic heterocycles. The van der Waals surface area contributed by atoms with Gasteiger partial charge in [0.2, 0.25) is 5.88 Å². The Hall–Kier alpha value is -2.89. The van der Waals surface area contributed by atoms with E-state index in [1.807, 2.05) is 37.3 Å². The molecule has 1 aromatic carbocycles. The molecule has 0 bridgehead atoms. The number of benzene rings is 1. The lowest BCUT2D eigenvalue weighted by molar-refractivity contribution is -0.140. The minimum absolute atomic E-state index is 0.169. The lowest BCUT2D eigenvalue weighted by Crippen LogP contribution is -2.45. The molecular formula is C19H22N2O4. The second-order valence-electron chi connectivity index (χ2n) is 5.83. The monoisotopic (exact) mass is 342 g/mol. The molecule has 1 amide bonds. The molecule has 0 unspecified atom stereocenters. The fraction of sp³-hybridized carbons (Fsp3) is 0.316. The van der Waals surface area contributed by atoms with Gasteiger partial charge >= 0.3 is 5.97 Å². The maximum Gasteiger partial charge on any atom is 0.326 e. The molecule has 2 N–H and O–H groups in total. The summed E-state index contributed by atoms with van der Waals surface area (Å²) in [7, 11) is 0. The Bertz CT molecular complexity index is 718. The lowest BCUT2D eigenvalue weighted by Gasteiger charge is -2.20. The van der Waals surface area contributed by atoms with Crippen LogP contribution < -0.4 is 10.1 Å². The lowest BCUT2D eigenvalue weighted by atomic mass is 9.99. The number of aromatic nitrogens is 1. The summed E-state index contributed by atoms with van der Waals surface area (Å²) in [6, 6.07) is 11.7. The summed E-state index contributed by atoms with van der Waals surface area (Å²) in [4.78, 5) is 27.8. The molecule has 0 aliphatic carbocycles. The van der Waals surface area contributed by atoms with Gasteiger partial charge in [-0.1, -0.05) is 50.6 Å². The number of carboxylic acid groups (broad SMARTS) is 1. The van der Waals surface area contributed by atoms with Crippen LogP contribution >= 0.6 is 0 Å². The first-order valence-corrected chi connectivity index (χ1v) is 8.17. The summed E-state index contributed by atoms with van der Waals surface area (Å²) in [6.45, 7) is 4.01. The van der Waals surface area contributed by atoms with Crippen molar-refractivity contribution in [2.45, 2.75) is 32.9 Å². The van der Waals surface area contributed by atoms with Gasteiger partial charge in [0.1, 0.15) is 12.6 Å². The molecule has 6 heteroatoms. The number of nitrogens with zero attached hydrogens (tertiary/aromatic N) is 1. The van der Waals surface area contributed by atoms with Crippen molar-refractivity contribution in [1.29, 1.82) is 0 Å². The number of pyridine rings is 1. The van der Waals surface area contributed by atoms with E-state index < -0.39 is 17.9 Å². The zero-order valence-electron chi connectivity index (χ0n) is 14.3. The number of carbonyl (C=O) groups is 2. The van der Waals surface area contributed by atoms with Crippen molar-refractivity contribution in [3.63, 3.8) is 0 Å². The Morgan fingerprint density at radius 3 is 2.60 bits per heavy atom. The van der Waals surface area contributed by atoms with Crippen molar-refractivity contribution >= 4 is 11.9 Å². The third kappa shape index (κ3) is 5.31. The van der Waals surface area contributed by atoms with Crippen molar-refractivity contribution in [2.75, 3.05) is 0 Å². The first-order valence-electron chi connectivity index (χ1n) is 8.17. The fourth-order valence-electron chi connectivity index (χ4n) is 2.27. The Morgan fingerprint density at radius 1 is 1.24 bits per heavy atom. The molecular weight excluding hydrogens is 320 g/mol. The molecule has 0 aliphatic heterocycles. The summed E-state index contributed by atoms with van der Waals surface area (Å²) >= 11 is 0. The van der Waals surface area contributed by atoms with E-state index in [1.165, 1.54) is 18.3 Å². The average molecular weight is 342 g/mol. The zero-order valence-corrected chi connectivity index (χ0v) is 14.3. The Morgan fingerprint density at radius 2 is 1.96 bits per heavy atom. The summed E-state index contributed by atoms with van der Waals surface area (Å²) in [5.41, 5.74) is 1.30. The van der Waals surface area contributed by atoms with E-state index in [0.717, 1.165) is 5.56 Å². The van der Waals surface area contributed by atoms with Gasteiger partial charge in [-0.2, -0.15) is 0 Å². The smallest absolute Gasteiger partial charge is 0.326 e. The van der Waals surface area contributed by atoms with Gasteiger partial charge in [-0.15, -0.1) is 0 Å². The number of aliphatic carboxylic acids is 1. The van der Waals surface area contributed by atoms with Crippen LogP contribution in [-0.4, -0.2) is 28.0 Å². The average Bonchev–Trinajstić information content (AvgIpc) is 2.64. The van der Waals surface area contributed by atoms with E-state index in [1.54, 1.807) is 6.92 Å². The maximum atomic E-state index is 12.3. The Balaban J connectivity index is 2.04. The predicted octanol–water partition coefficient (Wildman–Crippen LogP) is 2.89. The van der Waals surface area contributed by atoms with E-state index in [4.69, 9.17) is 4.74 Å². The molecule has 0 saturated heterocycles. The van der Waals surface area contributed by atoms with Crippen LogP contribution in [0.3, 0.4) is 0 Å². The topological polar surface area (TPSA) is 88.5 Å². The summed E-state index contributed by atoms with van der Waals surface area (Å²) in [6.07, 6.45) is 2.12. The van der Waals surface area contributed by atoms with Crippen LogP contribution in [0, 0.1) is 5.92 Å². The van der Waals surface area contributed by atoms with E-state index in [2.05, 4.69) is 10.3 Å². The standard InChI is InChI=1S/C19H22N2O4/c1-3-13(2)17(19(23)24)21-18(22)15-9-10-20-16(11-15)25-12-14-7-5-4-6-8-14/h4-11,13,17H,3,12H2,1-2H3,(H,21,22)(H,23,24)/t13-,17-/m0/s1. The number of nitrogens with one attached hydrogen (secondary N) is 1. The minimum atomic E-state index is -1.04. The maximum absolute atomic E-state index is 12.3. The normalized spacial score (nSPS) is 12.9. The van der Waals surface area contributed by atoms with Gasteiger partial charge in [-0.05, 0) is 17.5 Å². The number of amides is 1. The van der Waals surface area contributed by atoms with Crippen molar-refractivity contribution < 1.29 is 19.4 Å². The largest absolute Gasteiger partial charge is 0.480 e. The van der Waals surface area contributed by atoms with Crippen LogP contribution in [0.5, 0.6) is 5.88 Å². The van der Waals surface area contributed by atoms with Gasteiger partial charge in [0, 0.05) is 17.8 Å². The molecule has 0 saturated carbocycles. The van der Waals surface area contributed by atoms with Crippen molar-refractivity contribution in [2.24, 2.45) is 5.92 Å². The second kappa shape index (κ2) is 8.82. The highest BCUT2D eigenvalue weighted by atomic mass is 16.5. The van der Waals surface area contributed by atoms with E-state index in [-0.39, 0.29) is 5.92 Å². The van der Waals surface area contributed by atoms with Crippen LogP contribution in [0.1, 0.15) is 36.2 Å². The summed E-state index contributed by atoms with van der Waals surface area (Å²) in [5, 5.41) is 11.8. The van der Waals surface area contributed by atoms with Gasteiger partial charge in [-0.25, -0.2) is 9.78 Å². The van der Waals surface area contributed by atoms with Crippen LogP contribution in [0.2, 0.25) is 0 Å². The summed E-state index contributed by atoms with van der Waals surface area (Å²) in [5.74, 6) is -1.36. The van der Waals surface area contributed by atoms with Gasteiger partial charge in [0.15, 0.2) is 0 Å². The molecule has 1 heterocycles. The third-order valence-electron chi connectivity index (χ3n) is 3.99. The fourth-order valence-corrected chi connectivity index (χ4v) is 2.27. The molecule has 0 radical (unpaired) electrons. The highest BCUT2D eigenvalue weighted by Crippen LogP contribution is 2.14. The number of carbonyl (C=O) groups excluding carboxylic acids is 1.